The summed E-state index contributed by atoms with van der Waals surface area (Å²) in [6.45, 7) is 5.98. The number of nitrogens with zero attached hydrogens (tertiary/aromatic N) is 2. The lowest BCUT2D eigenvalue weighted by molar-refractivity contribution is -0.143. The number of rotatable bonds is 7. The Labute approximate surface area is 221 Å². The second kappa shape index (κ2) is 11.2. The number of carbonyl (C=O) groups excluding carboxylic acids is 2. The Morgan fingerprint density at radius 3 is 2.53 bits per heavy atom. The standard InChI is InChI=1S/C27H25BrN2O5S/c1-4-34-23(31)15-30-14-17(20-13-18(28)8-11-21(20)30)12-22-25(32)24(27(33)35-5-2)26(36-22)29-19-9-6-16(3)7-10-19/h6-14,32H,4-5,15H2,1-3H3/b22-12-,29-26?. The third-order valence-corrected chi connectivity index (χ3v) is 6.91. The maximum absolute atomic E-state index is 12.7. The molecule has 2 heterocycles. The summed E-state index contributed by atoms with van der Waals surface area (Å²) in [5, 5.41) is 12.3. The quantitative estimate of drug-likeness (QED) is 0.328. The predicted octanol–water partition coefficient (Wildman–Crippen LogP) is 6.47. The number of hydrogen-bond acceptors (Lipinski definition) is 7. The van der Waals surface area contributed by atoms with E-state index in [4.69, 9.17) is 9.47 Å². The van der Waals surface area contributed by atoms with Gasteiger partial charge in [-0.3, -0.25) is 4.79 Å². The highest BCUT2D eigenvalue weighted by molar-refractivity contribution is 9.10. The molecule has 36 heavy (non-hydrogen) atoms. The Morgan fingerprint density at radius 2 is 1.83 bits per heavy atom. The number of benzene rings is 2. The summed E-state index contributed by atoms with van der Waals surface area (Å²) in [6, 6.07) is 13.3. The van der Waals surface area contributed by atoms with Crippen molar-refractivity contribution < 1.29 is 24.2 Å². The fourth-order valence-corrected chi connectivity index (χ4v) is 5.15. The Balaban J connectivity index is 1.80. The first-order valence-corrected chi connectivity index (χ1v) is 13.0. The van der Waals surface area contributed by atoms with Crippen molar-refractivity contribution in [2.24, 2.45) is 4.99 Å². The van der Waals surface area contributed by atoms with E-state index in [1.807, 2.05) is 55.6 Å². The highest BCUT2D eigenvalue weighted by atomic mass is 79.9. The van der Waals surface area contributed by atoms with E-state index in [1.54, 1.807) is 24.5 Å². The zero-order valence-electron chi connectivity index (χ0n) is 20.1. The summed E-state index contributed by atoms with van der Waals surface area (Å²) in [5.41, 5.74) is 3.39. The van der Waals surface area contributed by atoms with Gasteiger partial charge in [-0.25, -0.2) is 9.79 Å². The van der Waals surface area contributed by atoms with Crippen LogP contribution < -0.4 is 0 Å². The summed E-state index contributed by atoms with van der Waals surface area (Å²) in [5.74, 6) is -1.17. The number of aromatic nitrogens is 1. The fourth-order valence-electron chi connectivity index (χ4n) is 3.76. The molecule has 1 N–H and O–H groups in total. The van der Waals surface area contributed by atoms with Crippen molar-refractivity contribution in [3.63, 3.8) is 0 Å². The summed E-state index contributed by atoms with van der Waals surface area (Å²) >= 11 is 4.70. The third-order valence-electron chi connectivity index (χ3n) is 5.40. The van der Waals surface area contributed by atoms with E-state index in [0.717, 1.165) is 26.5 Å². The van der Waals surface area contributed by atoms with Gasteiger partial charge in [-0.05, 0) is 57.2 Å². The zero-order chi connectivity index (χ0) is 25.8. The van der Waals surface area contributed by atoms with Crippen molar-refractivity contribution in [1.82, 2.24) is 4.57 Å². The molecule has 186 valence electrons. The summed E-state index contributed by atoms with van der Waals surface area (Å²) in [7, 11) is 0. The van der Waals surface area contributed by atoms with Gasteiger partial charge in [-0.2, -0.15) is 0 Å². The van der Waals surface area contributed by atoms with Gasteiger partial charge in [0.25, 0.3) is 0 Å². The Bertz CT molecular complexity index is 1420. The molecular formula is C27H25BrN2O5S. The topological polar surface area (TPSA) is 90.1 Å². The van der Waals surface area contributed by atoms with Crippen LogP contribution in [-0.4, -0.2) is 39.9 Å². The molecule has 0 radical (unpaired) electrons. The van der Waals surface area contributed by atoms with E-state index in [1.165, 1.54) is 11.8 Å². The maximum Gasteiger partial charge on any atom is 0.344 e. The molecular weight excluding hydrogens is 544 g/mol. The Hall–Kier alpha value is -3.30. The molecule has 0 saturated heterocycles. The maximum atomic E-state index is 12.7. The molecule has 2 aromatic carbocycles. The minimum Gasteiger partial charge on any atom is -0.506 e. The lowest BCUT2D eigenvalue weighted by atomic mass is 10.1. The first kappa shape index (κ1) is 25.8. The molecule has 0 amide bonds. The van der Waals surface area contributed by atoms with E-state index in [0.29, 0.717) is 22.2 Å². The van der Waals surface area contributed by atoms with E-state index in [-0.39, 0.29) is 30.5 Å². The van der Waals surface area contributed by atoms with Gasteiger partial charge in [0, 0.05) is 27.1 Å². The highest BCUT2D eigenvalue weighted by Crippen LogP contribution is 2.41. The van der Waals surface area contributed by atoms with E-state index < -0.39 is 5.97 Å². The van der Waals surface area contributed by atoms with Crippen molar-refractivity contribution in [2.75, 3.05) is 13.2 Å². The van der Waals surface area contributed by atoms with Crippen LogP contribution in [0.4, 0.5) is 5.69 Å². The van der Waals surface area contributed by atoms with Crippen LogP contribution in [0, 0.1) is 6.92 Å². The highest BCUT2D eigenvalue weighted by Gasteiger charge is 2.33. The Morgan fingerprint density at radius 1 is 1.11 bits per heavy atom. The number of esters is 2. The minimum absolute atomic E-state index is 0.0325. The van der Waals surface area contributed by atoms with Crippen LogP contribution in [0.2, 0.25) is 0 Å². The Kier molecular flexibility index (Phi) is 8.01. The van der Waals surface area contributed by atoms with Crippen molar-refractivity contribution in [3.8, 4) is 0 Å². The predicted molar refractivity (Wildman–Crippen MR) is 146 cm³/mol. The number of aliphatic imine (C=N–C) groups is 1. The molecule has 9 heteroatoms. The second-order valence-electron chi connectivity index (χ2n) is 7.99. The lowest BCUT2D eigenvalue weighted by Gasteiger charge is -2.04. The average Bonchev–Trinajstić information content (AvgIpc) is 3.32. The van der Waals surface area contributed by atoms with Crippen molar-refractivity contribution in [1.29, 1.82) is 0 Å². The number of aliphatic hydroxyl groups excluding tert-OH is 1. The molecule has 0 saturated carbocycles. The van der Waals surface area contributed by atoms with E-state index in [9.17, 15) is 14.7 Å². The number of aryl methyl sites for hydroxylation is 1. The zero-order valence-corrected chi connectivity index (χ0v) is 22.5. The van der Waals surface area contributed by atoms with Crippen LogP contribution in [0.25, 0.3) is 17.0 Å². The van der Waals surface area contributed by atoms with E-state index >= 15 is 0 Å². The van der Waals surface area contributed by atoms with Crippen molar-refractivity contribution in [3.05, 3.63) is 80.5 Å². The average molecular weight is 569 g/mol. The molecule has 4 rings (SSSR count). The summed E-state index contributed by atoms with van der Waals surface area (Å²) in [4.78, 5) is 30.0. The molecule has 1 aromatic heterocycles. The number of thioether (sulfide) groups is 1. The van der Waals surface area contributed by atoms with Crippen LogP contribution in [0.15, 0.2) is 74.4 Å². The van der Waals surface area contributed by atoms with Crippen LogP contribution >= 0.6 is 27.7 Å². The number of carbonyl (C=O) groups is 2. The number of fused-ring (bicyclic) bond motifs is 1. The van der Waals surface area contributed by atoms with Gasteiger partial charge in [-0.15, -0.1) is 0 Å². The largest absolute Gasteiger partial charge is 0.506 e. The lowest BCUT2D eigenvalue weighted by Crippen LogP contribution is -2.12. The van der Waals surface area contributed by atoms with Gasteiger partial charge in [0.1, 0.15) is 22.9 Å². The van der Waals surface area contributed by atoms with Gasteiger partial charge < -0.3 is 19.1 Å². The van der Waals surface area contributed by atoms with Gasteiger partial charge in [0.15, 0.2) is 0 Å². The molecule has 0 fully saturated rings. The van der Waals surface area contributed by atoms with Gasteiger partial charge in [0.05, 0.1) is 23.8 Å². The smallest absolute Gasteiger partial charge is 0.344 e. The van der Waals surface area contributed by atoms with Gasteiger partial charge >= 0.3 is 11.9 Å². The molecule has 1 aliphatic heterocycles. The second-order valence-corrected chi connectivity index (χ2v) is 9.93. The first-order valence-electron chi connectivity index (χ1n) is 11.4. The molecule has 0 atom stereocenters. The fraction of sp³-hybridized carbons (Fsp3) is 0.222. The molecule has 3 aromatic rings. The molecule has 0 spiro atoms. The van der Waals surface area contributed by atoms with Gasteiger partial charge in [-0.1, -0.05) is 45.4 Å². The van der Waals surface area contributed by atoms with Gasteiger partial charge in [0.2, 0.25) is 0 Å². The number of aliphatic hydroxyl groups is 1. The van der Waals surface area contributed by atoms with Crippen LogP contribution in [0.3, 0.4) is 0 Å². The molecule has 7 nitrogen and oxygen atoms in total. The van der Waals surface area contributed by atoms with E-state index in [2.05, 4.69) is 20.9 Å². The normalized spacial score (nSPS) is 15.8. The van der Waals surface area contributed by atoms with Crippen LogP contribution in [0.5, 0.6) is 0 Å². The molecule has 0 unspecified atom stereocenters. The number of hydrogen-bond donors (Lipinski definition) is 1. The number of halogens is 1. The van der Waals surface area contributed by atoms with Crippen LogP contribution in [0.1, 0.15) is 25.0 Å². The van der Waals surface area contributed by atoms with Crippen LogP contribution in [-0.2, 0) is 25.6 Å². The van der Waals surface area contributed by atoms with Crippen molar-refractivity contribution in [2.45, 2.75) is 27.3 Å². The van der Waals surface area contributed by atoms with Crippen molar-refractivity contribution >= 4 is 67.3 Å². The summed E-state index contributed by atoms with van der Waals surface area (Å²) < 4.78 is 13.0. The first-order chi connectivity index (χ1) is 17.3. The number of ether oxygens (including phenoxy) is 2. The minimum atomic E-state index is -0.635. The SMILES string of the molecule is CCOC(=O)Cn1cc(/C=C2\SC(=Nc3ccc(C)cc3)C(C(=O)OCC)=C2O)c2cc(Br)ccc21. The monoisotopic (exact) mass is 568 g/mol. The molecule has 1 aliphatic rings. The third kappa shape index (κ3) is 5.57. The summed E-state index contributed by atoms with van der Waals surface area (Å²) in [6.07, 6.45) is 3.61. The molecule has 0 aliphatic carbocycles. The molecule has 0 bridgehead atoms.